The van der Waals surface area contributed by atoms with E-state index in [0.717, 1.165) is 11.4 Å². The van der Waals surface area contributed by atoms with Gasteiger partial charge in [0.15, 0.2) is 0 Å². The van der Waals surface area contributed by atoms with Crippen molar-refractivity contribution < 1.29 is 5.11 Å². The summed E-state index contributed by atoms with van der Waals surface area (Å²) in [6.45, 7) is 0. The summed E-state index contributed by atoms with van der Waals surface area (Å²) in [4.78, 5) is 4.19. The van der Waals surface area contributed by atoms with Gasteiger partial charge in [-0.2, -0.15) is 0 Å². The van der Waals surface area contributed by atoms with E-state index >= 15 is 0 Å². The maximum atomic E-state index is 10.1. The lowest BCUT2D eigenvalue weighted by Crippen LogP contribution is -2.21. The number of fused-ring (bicyclic) bond motifs is 1. The van der Waals surface area contributed by atoms with Gasteiger partial charge in [0.05, 0.1) is 17.2 Å². The molecular weight excluding hydrogens is 248 g/mol. The predicted molar refractivity (Wildman–Crippen MR) is 71.8 cm³/mol. The summed E-state index contributed by atoms with van der Waals surface area (Å²) < 4.78 is 0. The summed E-state index contributed by atoms with van der Waals surface area (Å²) in [5.74, 6) is 0.722. The molecule has 0 aliphatic heterocycles. The minimum atomic E-state index is -0.417. The number of halogens is 1. The lowest BCUT2D eigenvalue weighted by Gasteiger charge is -2.18. The number of anilines is 1. The molecule has 92 valence electrons. The highest BCUT2D eigenvalue weighted by Crippen LogP contribution is 2.33. The summed E-state index contributed by atoms with van der Waals surface area (Å²) in [5.41, 5.74) is 2.33. The van der Waals surface area contributed by atoms with Crippen LogP contribution in [-0.2, 0) is 6.42 Å². The van der Waals surface area contributed by atoms with E-state index in [2.05, 4.69) is 16.4 Å². The smallest absolute Gasteiger partial charge is 0.126 e. The van der Waals surface area contributed by atoms with Gasteiger partial charge in [0, 0.05) is 12.6 Å². The Morgan fingerprint density at radius 2 is 2.06 bits per heavy atom. The molecule has 2 atom stereocenters. The number of rotatable bonds is 2. The summed E-state index contributed by atoms with van der Waals surface area (Å²) in [7, 11) is 0. The standard InChI is InChI=1S/C14H13ClN2O/c15-10-5-6-13(16-8-10)17-14-11-4-2-1-3-9(11)7-12(14)18/h1-6,8,12,14,18H,7H2,(H,16,17)/t12-,14+/m0/s1. The van der Waals surface area contributed by atoms with Crippen LogP contribution in [0, 0.1) is 0 Å². The van der Waals surface area contributed by atoms with Gasteiger partial charge in [-0.3, -0.25) is 0 Å². The van der Waals surface area contributed by atoms with Crippen LogP contribution in [-0.4, -0.2) is 16.2 Å². The third-order valence-corrected chi connectivity index (χ3v) is 3.46. The molecule has 2 aromatic rings. The number of pyridine rings is 1. The number of aromatic nitrogens is 1. The zero-order valence-corrected chi connectivity index (χ0v) is 10.4. The average molecular weight is 261 g/mol. The van der Waals surface area contributed by atoms with Gasteiger partial charge in [0.2, 0.25) is 0 Å². The van der Waals surface area contributed by atoms with Crippen molar-refractivity contribution in [1.82, 2.24) is 4.98 Å². The molecule has 18 heavy (non-hydrogen) atoms. The molecule has 0 unspecified atom stereocenters. The highest BCUT2D eigenvalue weighted by Gasteiger charge is 2.30. The fourth-order valence-corrected chi connectivity index (χ4v) is 2.48. The van der Waals surface area contributed by atoms with Gasteiger partial charge in [0.25, 0.3) is 0 Å². The molecule has 3 nitrogen and oxygen atoms in total. The number of hydrogen-bond donors (Lipinski definition) is 2. The first-order chi connectivity index (χ1) is 8.74. The molecule has 3 rings (SSSR count). The van der Waals surface area contributed by atoms with Crippen molar-refractivity contribution in [1.29, 1.82) is 0 Å². The van der Waals surface area contributed by atoms with E-state index in [0.29, 0.717) is 11.4 Å². The fourth-order valence-electron chi connectivity index (χ4n) is 2.37. The van der Waals surface area contributed by atoms with E-state index in [4.69, 9.17) is 11.6 Å². The Morgan fingerprint density at radius 1 is 1.22 bits per heavy atom. The Morgan fingerprint density at radius 3 is 2.83 bits per heavy atom. The van der Waals surface area contributed by atoms with Crippen LogP contribution in [0.15, 0.2) is 42.6 Å². The van der Waals surface area contributed by atoms with Crippen molar-refractivity contribution in [3.05, 3.63) is 58.7 Å². The number of hydrogen-bond acceptors (Lipinski definition) is 3. The van der Waals surface area contributed by atoms with Gasteiger partial charge < -0.3 is 10.4 Å². The fraction of sp³-hybridized carbons (Fsp3) is 0.214. The van der Waals surface area contributed by atoms with Crippen LogP contribution in [0.3, 0.4) is 0 Å². The highest BCUT2D eigenvalue weighted by atomic mass is 35.5. The molecule has 0 saturated carbocycles. The second-order valence-electron chi connectivity index (χ2n) is 4.45. The van der Waals surface area contributed by atoms with E-state index in [-0.39, 0.29) is 6.04 Å². The molecule has 0 spiro atoms. The third kappa shape index (κ3) is 2.07. The Balaban J connectivity index is 1.87. The van der Waals surface area contributed by atoms with Crippen molar-refractivity contribution in [2.24, 2.45) is 0 Å². The van der Waals surface area contributed by atoms with Crippen LogP contribution < -0.4 is 5.32 Å². The summed E-state index contributed by atoms with van der Waals surface area (Å²) in [6.07, 6.45) is 1.86. The number of aliphatic hydroxyl groups excluding tert-OH is 1. The molecule has 1 heterocycles. The lowest BCUT2D eigenvalue weighted by molar-refractivity contribution is 0.165. The van der Waals surface area contributed by atoms with E-state index < -0.39 is 6.10 Å². The zero-order valence-electron chi connectivity index (χ0n) is 9.68. The van der Waals surface area contributed by atoms with Crippen molar-refractivity contribution in [3.63, 3.8) is 0 Å². The van der Waals surface area contributed by atoms with Crippen molar-refractivity contribution in [2.45, 2.75) is 18.6 Å². The number of aliphatic hydroxyl groups is 1. The van der Waals surface area contributed by atoms with Crippen LogP contribution >= 0.6 is 11.6 Å². The minimum Gasteiger partial charge on any atom is -0.390 e. The number of nitrogens with one attached hydrogen (secondary N) is 1. The second kappa shape index (κ2) is 4.59. The van der Waals surface area contributed by atoms with Gasteiger partial charge >= 0.3 is 0 Å². The summed E-state index contributed by atoms with van der Waals surface area (Å²) >= 11 is 5.80. The van der Waals surface area contributed by atoms with Gasteiger partial charge in [-0.15, -0.1) is 0 Å². The molecule has 0 fully saturated rings. The monoisotopic (exact) mass is 260 g/mol. The first-order valence-electron chi connectivity index (χ1n) is 5.88. The quantitative estimate of drug-likeness (QED) is 0.873. The van der Waals surface area contributed by atoms with Gasteiger partial charge in [-0.05, 0) is 23.3 Å². The third-order valence-electron chi connectivity index (χ3n) is 3.23. The maximum Gasteiger partial charge on any atom is 0.126 e. The van der Waals surface area contributed by atoms with Gasteiger partial charge in [-0.1, -0.05) is 35.9 Å². The Bertz CT molecular complexity index is 556. The van der Waals surface area contributed by atoms with Crippen molar-refractivity contribution in [2.75, 3.05) is 5.32 Å². The Labute approximate surface area is 110 Å². The van der Waals surface area contributed by atoms with Crippen molar-refractivity contribution >= 4 is 17.4 Å². The van der Waals surface area contributed by atoms with Crippen molar-refractivity contribution in [3.8, 4) is 0 Å². The van der Waals surface area contributed by atoms with E-state index in [1.54, 1.807) is 12.3 Å². The zero-order chi connectivity index (χ0) is 12.5. The van der Waals surface area contributed by atoms with Crippen LogP contribution in [0.1, 0.15) is 17.2 Å². The van der Waals surface area contributed by atoms with Gasteiger partial charge in [0.1, 0.15) is 5.82 Å². The van der Waals surface area contributed by atoms with Crippen LogP contribution in [0.2, 0.25) is 5.02 Å². The molecule has 0 radical (unpaired) electrons. The minimum absolute atomic E-state index is 0.102. The molecule has 1 aromatic carbocycles. The van der Waals surface area contributed by atoms with Gasteiger partial charge in [-0.25, -0.2) is 4.98 Å². The Hall–Kier alpha value is -1.58. The van der Waals surface area contributed by atoms with Crippen LogP contribution in [0.4, 0.5) is 5.82 Å². The highest BCUT2D eigenvalue weighted by molar-refractivity contribution is 6.30. The molecule has 0 saturated heterocycles. The normalized spacial score (nSPS) is 21.7. The lowest BCUT2D eigenvalue weighted by atomic mass is 10.1. The first-order valence-corrected chi connectivity index (χ1v) is 6.26. The average Bonchev–Trinajstić information content (AvgIpc) is 2.69. The SMILES string of the molecule is O[C@H]1Cc2ccccc2[C@H]1Nc1ccc(Cl)cn1. The largest absolute Gasteiger partial charge is 0.390 e. The molecule has 4 heteroatoms. The molecule has 0 bridgehead atoms. The summed E-state index contributed by atoms with van der Waals surface area (Å²) in [6, 6.07) is 11.6. The summed E-state index contributed by atoms with van der Waals surface area (Å²) in [5, 5.41) is 14.0. The molecule has 1 aliphatic carbocycles. The van der Waals surface area contributed by atoms with E-state index in [9.17, 15) is 5.11 Å². The topological polar surface area (TPSA) is 45.1 Å². The molecule has 2 N–H and O–H groups in total. The number of nitrogens with zero attached hydrogens (tertiary/aromatic N) is 1. The van der Waals surface area contributed by atoms with E-state index in [1.807, 2.05) is 24.3 Å². The van der Waals surface area contributed by atoms with Crippen LogP contribution in [0.5, 0.6) is 0 Å². The molecule has 0 amide bonds. The van der Waals surface area contributed by atoms with E-state index in [1.165, 1.54) is 5.56 Å². The number of benzene rings is 1. The predicted octanol–water partition coefficient (Wildman–Crippen LogP) is 2.81. The molecule has 1 aliphatic rings. The maximum absolute atomic E-state index is 10.1. The molecule has 1 aromatic heterocycles. The van der Waals surface area contributed by atoms with Crippen LogP contribution in [0.25, 0.3) is 0 Å². The Kier molecular flexibility index (Phi) is 2.94. The first kappa shape index (κ1) is 11.5. The second-order valence-corrected chi connectivity index (χ2v) is 4.89. The molecular formula is C14H13ClN2O.